The molecule has 2 aromatic carbocycles. The fraction of sp³-hybridized carbons (Fsp3) is 0.316. The fourth-order valence-electron chi connectivity index (χ4n) is 2.74. The fourth-order valence-corrected chi connectivity index (χ4v) is 2.74. The largest absolute Gasteiger partial charge is 0.490 e. The van der Waals surface area contributed by atoms with E-state index in [9.17, 15) is 14.9 Å². The Morgan fingerprint density at radius 1 is 1.21 bits per heavy atom. The molecular formula is C19H20N2O7. The van der Waals surface area contributed by atoms with Gasteiger partial charge in [-0.25, -0.2) is 0 Å². The van der Waals surface area contributed by atoms with Crippen molar-refractivity contribution in [2.24, 2.45) is 0 Å². The molecule has 1 aliphatic heterocycles. The van der Waals surface area contributed by atoms with Crippen molar-refractivity contribution in [3.8, 4) is 23.0 Å². The number of rotatable bonds is 7. The molecule has 148 valence electrons. The number of ether oxygens (including phenoxy) is 4. The lowest BCUT2D eigenvalue weighted by Crippen LogP contribution is -2.31. The first-order valence-corrected chi connectivity index (χ1v) is 8.62. The molecule has 0 fully saturated rings. The third kappa shape index (κ3) is 4.43. The number of carbonyl (C=O) groups excluding carboxylic acids is 1. The van der Waals surface area contributed by atoms with Crippen LogP contribution < -0.4 is 24.3 Å². The molecule has 0 bridgehead atoms. The molecule has 0 radical (unpaired) electrons. The Labute approximate surface area is 161 Å². The number of carbonyl (C=O) groups is 1. The summed E-state index contributed by atoms with van der Waals surface area (Å²) in [5, 5.41) is 13.7. The average Bonchev–Trinajstić information content (AvgIpc) is 2.71. The zero-order valence-corrected chi connectivity index (χ0v) is 15.5. The summed E-state index contributed by atoms with van der Waals surface area (Å²) in [6.07, 6.45) is 0. The second kappa shape index (κ2) is 8.47. The van der Waals surface area contributed by atoms with Gasteiger partial charge in [0.05, 0.1) is 18.1 Å². The number of nitrogens with one attached hydrogen (secondary N) is 1. The quantitative estimate of drug-likeness (QED) is 0.573. The van der Waals surface area contributed by atoms with Crippen molar-refractivity contribution in [3.05, 3.63) is 52.1 Å². The predicted octanol–water partition coefficient (Wildman–Crippen LogP) is 2.63. The molecule has 0 aliphatic carbocycles. The zero-order valence-electron chi connectivity index (χ0n) is 15.5. The molecule has 0 saturated carbocycles. The number of hydrogen-bond donors (Lipinski definition) is 1. The smallest absolute Gasteiger partial charge is 0.311 e. The van der Waals surface area contributed by atoms with E-state index in [2.05, 4.69) is 5.32 Å². The van der Waals surface area contributed by atoms with E-state index < -0.39 is 4.92 Å². The molecule has 9 nitrogen and oxygen atoms in total. The number of nitro groups is 1. The van der Waals surface area contributed by atoms with Crippen molar-refractivity contribution < 1.29 is 28.7 Å². The minimum Gasteiger partial charge on any atom is -0.490 e. The van der Waals surface area contributed by atoms with Gasteiger partial charge in [-0.15, -0.1) is 0 Å². The Morgan fingerprint density at radius 2 is 1.96 bits per heavy atom. The maximum Gasteiger partial charge on any atom is 0.311 e. The van der Waals surface area contributed by atoms with Gasteiger partial charge in [-0.2, -0.15) is 0 Å². The van der Waals surface area contributed by atoms with Crippen LogP contribution in [0.3, 0.4) is 0 Å². The van der Waals surface area contributed by atoms with E-state index in [0.29, 0.717) is 30.5 Å². The Hall–Kier alpha value is -3.49. The van der Waals surface area contributed by atoms with Crippen molar-refractivity contribution in [2.45, 2.75) is 13.0 Å². The maximum absolute atomic E-state index is 12.2. The third-order valence-corrected chi connectivity index (χ3v) is 4.16. The van der Waals surface area contributed by atoms with Crippen molar-refractivity contribution in [1.82, 2.24) is 5.32 Å². The zero-order chi connectivity index (χ0) is 20.1. The van der Waals surface area contributed by atoms with Crippen LogP contribution in [0, 0.1) is 10.1 Å². The van der Waals surface area contributed by atoms with Crippen LogP contribution in [-0.4, -0.2) is 37.8 Å². The van der Waals surface area contributed by atoms with Gasteiger partial charge in [0, 0.05) is 12.1 Å². The summed E-state index contributed by atoms with van der Waals surface area (Å²) >= 11 is 0. The van der Waals surface area contributed by atoms with Crippen LogP contribution >= 0.6 is 0 Å². The van der Waals surface area contributed by atoms with Crippen LogP contribution in [0.1, 0.15) is 18.5 Å². The van der Waals surface area contributed by atoms with E-state index >= 15 is 0 Å². The summed E-state index contributed by atoms with van der Waals surface area (Å²) in [7, 11) is 1.33. The van der Waals surface area contributed by atoms with Crippen molar-refractivity contribution in [1.29, 1.82) is 0 Å². The van der Waals surface area contributed by atoms with E-state index in [1.807, 2.05) is 25.1 Å². The molecule has 1 unspecified atom stereocenters. The van der Waals surface area contributed by atoms with Crippen LogP contribution in [0.5, 0.6) is 23.0 Å². The van der Waals surface area contributed by atoms with Crippen LogP contribution in [0.2, 0.25) is 0 Å². The van der Waals surface area contributed by atoms with Crippen molar-refractivity contribution >= 4 is 11.6 Å². The van der Waals surface area contributed by atoms with Gasteiger partial charge in [-0.3, -0.25) is 14.9 Å². The van der Waals surface area contributed by atoms with Crippen LogP contribution in [0.4, 0.5) is 5.69 Å². The summed E-state index contributed by atoms with van der Waals surface area (Å²) in [5.41, 5.74) is 0.695. The van der Waals surface area contributed by atoms with Crippen LogP contribution in [-0.2, 0) is 4.79 Å². The second-order valence-electron chi connectivity index (χ2n) is 6.07. The van der Waals surface area contributed by atoms with Gasteiger partial charge < -0.3 is 24.3 Å². The first-order chi connectivity index (χ1) is 13.5. The monoisotopic (exact) mass is 388 g/mol. The number of nitrogens with zero attached hydrogens (tertiary/aromatic N) is 1. The highest BCUT2D eigenvalue weighted by Gasteiger charge is 2.18. The van der Waals surface area contributed by atoms with E-state index in [4.69, 9.17) is 18.9 Å². The molecule has 3 rings (SSSR count). The summed E-state index contributed by atoms with van der Waals surface area (Å²) < 4.78 is 21.4. The summed E-state index contributed by atoms with van der Waals surface area (Å²) in [5.74, 6) is 1.36. The van der Waals surface area contributed by atoms with Crippen LogP contribution in [0.15, 0.2) is 36.4 Å². The van der Waals surface area contributed by atoms with Crippen molar-refractivity contribution in [3.63, 3.8) is 0 Å². The number of fused-ring (bicyclic) bond motifs is 1. The van der Waals surface area contributed by atoms with Gasteiger partial charge in [0.2, 0.25) is 5.75 Å². The molecule has 1 N–H and O–H groups in total. The minimum absolute atomic E-state index is 0.0626. The van der Waals surface area contributed by atoms with E-state index in [1.54, 1.807) is 0 Å². The lowest BCUT2D eigenvalue weighted by molar-refractivity contribution is -0.385. The van der Waals surface area contributed by atoms with Crippen molar-refractivity contribution in [2.75, 3.05) is 26.9 Å². The number of methoxy groups -OCH3 is 1. The third-order valence-electron chi connectivity index (χ3n) is 4.16. The molecule has 1 heterocycles. The number of amides is 1. The van der Waals surface area contributed by atoms with E-state index in [0.717, 1.165) is 5.56 Å². The number of benzene rings is 2. The Kier molecular flexibility index (Phi) is 5.83. The minimum atomic E-state index is -0.551. The van der Waals surface area contributed by atoms with Gasteiger partial charge in [0.25, 0.3) is 5.91 Å². The topological polar surface area (TPSA) is 109 Å². The summed E-state index contributed by atoms with van der Waals surface area (Å²) in [6, 6.07) is 9.30. The molecule has 9 heteroatoms. The highest BCUT2D eigenvalue weighted by atomic mass is 16.6. The number of hydrogen-bond acceptors (Lipinski definition) is 7. The Bertz CT molecular complexity index is 885. The van der Waals surface area contributed by atoms with E-state index in [-0.39, 0.29) is 30.0 Å². The average molecular weight is 388 g/mol. The Balaban J connectivity index is 1.57. The Morgan fingerprint density at radius 3 is 2.68 bits per heavy atom. The highest BCUT2D eigenvalue weighted by molar-refractivity contribution is 5.78. The number of nitro benzene ring substituents is 1. The van der Waals surface area contributed by atoms with Crippen LogP contribution in [0.25, 0.3) is 0 Å². The molecule has 1 atom stereocenters. The lowest BCUT2D eigenvalue weighted by Gasteiger charge is -2.21. The summed E-state index contributed by atoms with van der Waals surface area (Å²) in [4.78, 5) is 22.5. The van der Waals surface area contributed by atoms with Gasteiger partial charge in [-0.05, 0) is 30.7 Å². The summed E-state index contributed by atoms with van der Waals surface area (Å²) in [6.45, 7) is 2.61. The standard InChI is InChI=1S/C19H20N2O7/c1-12(13-3-6-16-18(9-13)27-8-7-26-16)20-19(22)11-28-14-4-5-15(21(23)24)17(10-14)25-2/h3-6,9-10,12H,7-8,11H2,1-2H3,(H,20,22). The van der Waals surface area contributed by atoms with E-state index in [1.165, 1.54) is 25.3 Å². The second-order valence-corrected chi connectivity index (χ2v) is 6.07. The first kappa shape index (κ1) is 19.3. The molecule has 1 amide bonds. The SMILES string of the molecule is COc1cc(OCC(=O)NC(C)c2ccc3c(c2)OCCO3)ccc1[N+](=O)[O-]. The normalized spacial score (nSPS) is 13.4. The van der Waals surface area contributed by atoms with Gasteiger partial charge in [-0.1, -0.05) is 6.07 Å². The van der Waals surface area contributed by atoms with Gasteiger partial charge in [0.1, 0.15) is 19.0 Å². The molecule has 0 saturated heterocycles. The highest BCUT2D eigenvalue weighted by Crippen LogP contribution is 2.33. The molecule has 28 heavy (non-hydrogen) atoms. The first-order valence-electron chi connectivity index (χ1n) is 8.62. The maximum atomic E-state index is 12.2. The molecule has 0 aromatic heterocycles. The van der Waals surface area contributed by atoms with Gasteiger partial charge in [0.15, 0.2) is 18.1 Å². The molecule has 2 aromatic rings. The lowest BCUT2D eigenvalue weighted by atomic mass is 10.1. The molecular weight excluding hydrogens is 368 g/mol. The molecule has 1 aliphatic rings. The molecule has 0 spiro atoms. The predicted molar refractivity (Wildman–Crippen MR) is 99.1 cm³/mol. The van der Waals surface area contributed by atoms with Gasteiger partial charge >= 0.3 is 5.69 Å².